The van der Waals surface area contributed by atoms with Gasteiger partial charge in [-0.2, -0.15) is 13.2 Å². The first-order valence-corrected chi connectivity index (χ1v) is 3.68. The highest BCUT2D eigenvalue weighted by molar-refractivity contribution is 5.73. The van der Waals surface area contributed by atoms with Crippen molar-refractivity contribution in [2.45, 2.75) is 12.2 Å². The standard InChI is InChI=1S/C8H7F3N2O/c9-8(10,11)7(12)6-2-1-5(4-14)3-13-6/h1-4,7H,12H2/t7-/m0/s1. The maximum absolute atomic E-state index is 12.1. The van der Waals surface area contributed by atoms with Gasteiger partial charge in [0.25, 0.3) is 0 Å². The van der Waals surface area contributed by atoms with Crippen molar-refractivity contribution in [1.29, 1.82) is 0 Å². The second kappa shape index (κ2) is 3.75. The van der Waals surface area contributed by atoms with E-state index in [1.54, 1.807) is 0 Å². The number of carbonyl (C=O) groups excluding carboxylic acids is 1. The van der Waals surface area contributed by atoms with E-state index >= 15 is 0 Å². The lowest BCUT2D eigenvalue weighted by molar-refractivity contribution is -0.150. The average molecular weight is 204 g/mol. The van der Waals surface area contributed by atoms with Gasteiger partial charge in [0, 0.05) is 11.8 Å². The number of aldehydes is 1. The molecule has 1 heterocycles. The predicted octanol–water partition coefficient (Wildman–Crippen LogP) is 1.46. The van der Waals surface area contributed by atoms with Gasteiger partial charge in [0.2, 0.25) is 0 Å². The fourth-order valence-corrected chi connectivity index (χ4v) is 0.838. The van der Waals surface area contributed by atoms with Gasteiger partial charge < -0.3 is 5.73 Å². The molecule has 0 saturated heterocycles. The number of hydrogen-bond donors (Lipinski definition) is 1. The van der Waals surface area contributed by atoms with E-state index in [1.807, 2.05) is 0 Å². The van der Waals surface area contributed by atoms with E-state index in [0.29, 0.717) is 6.29 Å². The van der Waals surface area contributed by atoms with Crippen LogP contribution in [0.2, 0.25) is 0 Å². The van der Waals surface area contributed by atoms with Crippen molar-refractivity contribution in [2.24, 2.45) is 5.73 Å². The molecule has 0 amide bonds. The summed E-state index contributed by atoms with van der Waals surface area (Å²) in [6.45, 7) is 0. The number of pyridine rings is 1. The molecular weight excluding hydrogens is 197 g/mol. The molecule has 0 aliphatic carbocycles. The minimum absolute atomic E-state index is 0.211. The Hall–Kier alpha value is -1.43. The van der Waals surface area contributed by atoms with E-state index in [0.717, 1.165) is 12.3 Å². The molecule has 2 N–H and O–H groups in total. The number of rotatable bonds is 2. The topological polar surface area (TPSA) is 56.0 Å². The molecule has 0 unspecified atom stereocenters. The SMILES string of the molecule is N[C@@H](c1ccc(C=O)cn1)C(F)(F)F. The minimum Gasteiger partial charge on any atom is -0.315 e. The monoisotopic (exact) mass is 204 g/mol. The molecule has 0 saturated carbocycles. The zero-order chi connectivity index (χ0) is 10.8. The van der Waals surface area contributed by atoms with Crippen molar-refractivity contribution >= 4 is 6.29 Å². The first-order valence-electron chi connectivity index (χ1n) is 3.68. The number of aromatic nitrogens is 1. The summed E-state index contributed by atoms with van der Waals surface area (Å²) in [6.07, 6.45) is -2.97. The van der Waals surface area contributed by atoms with Crippen LogP contribution >= 0.6 is 0 Å². The van der Waals surface area contributed by atoms with E-state index in [2.05, 4.69) is 4.98 Å². The van der Waals surface area contributed by atoms with Crippen molar-refractivity contribution in [3.05, 3.63) is 29.6 Å². The number of alkyl halides is 3. The van der Waals surface area contributed by atoms with Crippen LogP contribution in [0, 0.1) is 0 Å². The van der Waals surface area contributed by atoms with Gasteiger partial charge in [0.15, 0.2) is 6.29 Å². The van der Waals surface area contributed by atoms with Crippen LogP contribution < -0.4 is 5.73 Å². The molecule has 1 aromatic rings. The third kappa shape index (κ3) is 2.29. The van der Waals surface area contributed by atoms with Gasteiger partial charge in [-0.3, -0.25) is 9.78 Å². The van der Waals surface area contributed by atoms with Gasteiger partial charge in [-0.1, -0.05) is 0 Å². The molecule has 1 atom stereocenters. The van der Waals surface area contributed by atoms with Crippen molar-refractivity contribution in [3.8, 4) is 0 Å². The molecule has 0 fully saturated rings. The van der Waals surface area contributed by atoms with Crippen LogP contribution in [0.3, 0.4) is 0 Å². The van der Waals surface area contributed by atoms with Crippen molar-refractivity contribution in [1.82, 2.24) is 4.98 Å². The number of halogens is 3. The Bertz CT molecular complexity index is 320. The van der Waals surface area contributed by atoms with Crippen LogP contribution in [0.5, 0.6) is 0 Å². The Morgan fingerprint density at radius 1 is 1.43 bits per heavy atom. The van der Waals surface area contributed by atoms with Gasteiger partial charge in [-0.15, -0.1) is 0 Å². The van der Waals surface area contributed by atoms with Crippen LogP contribution in [0.1, 0.15) is 22.1 Å². The Balaban J connectivity index is 2.92. The van der Waals surface area contributed by atoms with Crippen LogP contribution in [-0.2, 0) is 0 Å². The predicted molar refractivity (Wildman–Crippen MR) is 42.6 cm³/mol. The molecule has 14 heavy (non-hydrogen) atoms. The maximum Gasteiger partial charge on any atom is 0.409 e. The Morgan fingerprint density at radius 2 is 2.07 bits per heavy atom. The molecule has 0 spiro atoms. The number of carbonyl (C=O) groups is 1. The first-order chi connectivity index (χ1) is 6.45. The lowest BCUT2D eigenvalue weighted by atomic mass is 10.2. The van der Waals surface area contributed by atoms with Crippen molar-refractivity contribution in [2.75, 3.05) is 0 Å². The molecule has 3 nitrogen and oxygen atoms in total. The van der Waals surface area contributed by atoms with E-state index in [-0.39, 0.29) is 11.3 Å². The van der Waals surface area contributed by atoms with E-state index < -0.39 is 12.2 Å². The third-order valence-corrected chi connectivity index (χ3v) is 1.62. The molecule has 76 valence electrons. The van der Waals surface area contributed by atoms with Gasteiger partial charge in [0.05, 0.1) is 5.69 Å². The molecule has 0 radical (unpaired) electrons. The Labute approximate surface area is 77.7 Å². The van der Waals surface area contributed by atoms with Crippen LogP contribution in [-0.4, -0.2) is 17.4 Å². The van der Waals surface area contributed by atoms with E-state index in [1.165, 1.54) is 6.07 Å². The lowest BCUT2D eigenvalue weighted by Crippen LogP contribution is -2.29. The smallest absolute Gasteiger partial charge is 0.315 e. The molecule has 0 aromatic carbocycles. The van der Waals surface area contributed by atoms with Gasteiger partial charge in [0.1, 0.15) is 6.04 Å². The Morgan fingerprint density at radius 3 is 2.43 bits per heavy atom. The highest BCUT2D eigenvalue weighted by Crippen LogP contribution is 2.28. The normalized spacial score (nSPS) is 13.7. The summed E-state index contributed by atoms with van der Waals surface area (Å²) in [5, 5.41) is 0. The Kier molecular flexibility index (Phi) is 2.85. The lowest BCUT2D eigenvalue weighted by Gasteiger charge is -2.14. The third-order valence-electron chi connectivity index (χ3n) is 1.62. The number of nitrogens with zero attached hydrogens (tertiary/aromatic N) is 1. The van der Waals surface area contributed by atoms with Gasteiger partial charge in [-0.05, 0) is 12.1 Å². The summed E-state index contributed by atoms with van der Waals surface area (Å²) in [5.41, 5.74) is 4.80. The molecule has 1 rings (SSSR count). The second-order valence-corrected chi connectivity index (χ2v) is 2.65. The number of nitrogens with two attached hydrogens (primary N) is 1. The first kappa shape index (κ1) is 10.6. The molecule has 0 aliphatic heterocycles. The van der Waals surface area contributed by atoms with Crippen LogP contribution in [0.4, 0.5) is 13.2 Å². The summed E-state index contributed by atoms with van der Waals surface area (Å²) in [6, 6.07) is 0.214. The summed E-state index contributed by atoms with van der Waals surface area (Å²) >= 11 is 0. The van der Waals surface area contributed by atoms with Crippen LogP contribution in [0.15, 0.2) is 18.3 Å². The van der Waals surface area contributed by atoms with E-state index in [9.17, 15) is 18.0 Å². The zero-order valence-corrected chi connectivity index (χ0v) is 6.95. The maximum atomic E-state index is 12.1. The van der Waals surface area contributed by atoms with Gasteiger partial charge >= 0.3 is 6.18 Å². The van der Waals surface area contributed by atoms with Crippen molar-refractivity contribution < 1.29 is 18.0 Å². The molecular formula is C8H7F3N2O. The molecule has 0 bridgehead atoms. The fraction of sp³-hybridized carbons (Fsp3) is 0.250. The summed E-state index contributed by atoms with van der Waals surface area (Å²) in [7, 11) is 0. The molecule has 1 aromatic heterocycles. The molecule has 6 heteroatoms. The number of hydrogen-bond acceptors (Lipinski definition) is 3. The van der Waals surface area contributed by atoms with Crippen LogP contribution in [0.25, 0.3) is 0 Å². The van der Waals surface area contributed by atoms with Gasteiger partial charge in [-0.25, -0.2) is 0 Å². The van der Waals surface area contributed by atoms with Crippen molar-refractivity contribution in [3.63, 3.8) is 0 Å². The highest BCUT2D eigenvalue weighted by atomic mass is 19.4. The summed E-state index contributed by atoms with van der Waals surface area (Å²) < 4.78 is 36.2. The largest absolute Gasteiger partial charge is 0.409 e. The summed E-state index contributed by atoms with van der Waals surface area (Å²) in [5.74, 6) is 0. The minimum atomic E-state index is -4.52. The second-order valence-electron chi connectivity index (χ2n) is 2.65. The quantitative estimate of drug-likeness (QED) is 0.742. The van der Waals surface area contributed by atoms with E-state index in [4.69, 9.17) is 5.73 Å². The zero-order valence-electron chi connectivity index (χ0n) is 6.95. The molecule has 0 aliphatic rings. The summed E-state index contributed by atoms with van der Waals surface area (Å²) in [4.78, 5) is 13.6. The average Bonchev–Trinajstić information content (AvgIpc) is 2.15. The highest BCUT2D eigenvalue weighted by Gasteiger charge is 2.38. The fourth-order valence-electron chi connectivity index (χ4n) is 0.838.